The van der Waals surface area contributed by atoms with Crippen molar-refractivity contribution in [3.8, 4) is 0 Å². The Morgan fingerprint density at radius 1 is 0.880 bits per heavy atom. The highest BCUT2D eigenvalue weighted by molar-refractivity contribution is 6.06. The summed E-state index contributed by atoms with van der Waals surface area (Å²) in [5, 5.41) is 14.7. The number of rotatable bonds is 1. The van der Waals surface area contributed by atoms with Crippen LogP contribution in [-0.2, 0) is 41.9 Å². The molecule has 1 aromatic carbocycles. The molecule has 1 aromatic heterocycles. The van der Waals surface area contributed by atoms with Crippen molar-refractivity contribution in [3.63, 3.8) is 0 Å². The van der Waals surface area contributed by atoms with Crippen molar-refractivity contribution in [2.24, 2.45) is 23.2 Å². The number of fused-ring (bicyclic) bond motifs is 12. The molecule has 270 valence electrons. The first-order chi connectivity index (χ1) is 23.3. The maximum absolute atomic E-state index is 14.3. The standard InChI is InChI=1S/C42H55NO7/c1-20(2)17-28-47-32-34(38(7,8)48-28)46-27-14-15-39(9)40(10)21(13-16-41(39,45)42(27)35(32)49-42)18-24-29-23-19-25-30(37(5,6)50-36(25,3)4)31(44)22(23)11-12-26(29)43-33(24)40/h11-12,17,21,25,27-28,30,32,34-35,43,45H,13-16,18-19H2,1-10H3. The van der Waals surface area contributed by atoms with E-state index in [2.05, 4.69) is 86.4 Å². The zero-order chi connectivity index (χ0) is 35.3. The lowest BCUT2D eigenvalue weighted by atomic mass is 9.40. The molecule has 12 atom stereocenters. The van der Waals surface area contributed by atoms with Gasteiger partial charge in [-0.15, -0.1) is 0 Å². The van der Waals surface area contributed by atoms with Gasteiger partial charge in [-0.05, 0) is 129 Å². The SMILES string of the molecule is CC(C)=CC1OC2C(OC3CCC4(C)C5(C)c6[nH]c7ccc8c(c7c6CC5CCC4(O)C34OC24)CC2C(C8=O)C(C)(C)OC2(C)C)C(C)(C)O1. The highest BCUT2D eigenvalue weighted by Gasteiger charge is 2.87. The van der Waals surface area contributed by atoms with E-state index in [-0.39, 0.29) is 53.1 Å². The van der Waals surface area contributed by atoms with Crippen LogP contribution in [0.2, 0.25) is 0 Å². The maximum atomic E-state index is 14.3. The van der Waals surface area contributed by atoms with Gasteiger partial charge in [-0.3, -0.25) is 4.79 Å². The molecule has 0 amide bonds. The third-order valence-corrected chi connectivity index (χ3v) is 15.9. The van der Waals surface area contributed by atoms with Gasteiger partial charge < -0.3 is 33.8 Å². The number of aliphatic hydroxyl groups is 1. The fourth-order valence-corrected chi connectivity index (χ4v) is 13.6. The average molecular weight is 686 g/mol. The molecule has 50 heavy (non-hydrogen) atoms. The number of H-pyrrole nitrogens is 1. The van der Waals surface area contributed by atoms with E-state index >= 15 is 0 Å². The van der Waals surface area contributed by atoms with Crippen LogP contribution in [0.25, 0.3) is 10.9 Å². The van der Waals surface area contributed by atoms with Crippen LogP contribution in [-0.4, -0.2) is 74.6 Å². The minimum atomic E-state index is -1.11. The van der Waals surface area contributed by atoms with Gasteiger partial charge in [0.05, 0.1) is 28.8 Å². The highest BCUT2D eigenvalue weighted by Crippen LogP contribution is 2.75. The van der Waals surface area contributed by atoms with Gasteiger partial charge in [0, 0.05) is 38.9 Å². The van der Waals surface area contributed by atoms with Crippen molar-refractivity contribution >= 4 is 16.7 Å². The molecule has 5 heterocycles. The molecule has 12 unspecified atom stereocenters. The van der Waals surface area contributed by atoms with Gasteiger partial charge >= 0.3 is 0 Å². The summed E-state index contributed by atoms with van der Waals surface area (Å²) in [7, 11) is 0. The number of ether oxygens (including phenoxy) is 5. The van der Waals surface area contributed by atoms with E-state index in [1.165, 1.54) is 22.2 Å². The molecule has 0 bridgehead atoms. The molecule has 8 heteroatoms. The number of hydrogen-bond acceptors (Lipinski definition) is 7. The maximum Gasteiger partial charge on any atom is 0.178 e. The van der Waals surface area contributed by atoms with E-state index < -0.39 is 34.1 Å². The van der Waals surface area contributed by atoms with Crippen LogP contribution < -0.4 is 0 Å². The topological polar surface area (TPSA) is 103 Å². The van der Waals surface area contributed by atoms with Gasteiger partial charge in [0.2, 0.25) is 0 Å². The summed E-state index contributed by atoms with van der Waals surface area (Å²) in [6.07, 6.45) is 5.41. The Bertz CT molecular complexity index is 1900. The molecule has 6 fully saturated rings. The molecule has 4 aliphatic heterocycles. The minimum absolute atomic E-state index is 0.123. The van der Waals surface area contributed by atoms with Crippen LogP contribution in [0.15, 0.2) is 23.8 Å². The number of Topliss-reactive ketones (excluding diaryl/α,β-unsaturated/α-hetero) is 1. The molecule has 8 aliphatic rings. The Kier molecular flexibility index (Phi) is 6.09. The molecule has 1 spiro atoms. The van der Waals surface area contributed by atoms with E-state index in [1.807, 2.05) is 6.08 Å². The number of benzene rings is 1. The summed E-state index contributed by atoms with van der Waals surface area (Å²) in [5.74, 6) is 0.568. The Morgan fingerprint density at radius 3 is 2.38 bits per heavy atom. The number of ketones is 1. The second-order valence-corrected chi connectivity index (χ2v) is 19.6. The van der Waals surface area contributed by atoms with Crippen molar-refractivity contribution in [1.82, 2.24) is 4.98 Å². The molecule has 2 N–H and O–H groups in total. The van der Waals surface area contributed by atoms with Crippen LogP contribution >= 0.6 is 0 Å². The first-order valence-corrected chi connectivity index (χ1v) is 19.3. The molecular weight excluding hydrogens is 630 g/mol. The van der Waals surface area contributed by atoms with Crippen LogP contribution in [0, 0.1) is 23.2 Å². The summed E-state index contributed by atoms with van der Waals surface area (Å²) >= 11 is 0. The van der Waals surface area contributed by atoms with Gasteiger partial charge in [0.15, 0.2) is 17.7 Å². The van der Waals surface area contributed by atoms with E-state index in [1.54, 1.807) is 0 Å². The van der Waals surface area contributed by atoms with Crippen molar-refractivity contribution in [1.29, 1.82) is 0 Å². The molecule has 2 aromatic rings. The van der Waals surface area contributed by atoms with Gasteiger partial charge in [0.25, 0.3) is 0 Å². The van der Waals surface area contributed by atoms with Crippen molar-refractivity contribution in [2.75, 3.05) is 0 Å². The second-order valence-electron chi connectivity index (χ2n) is 19.6. The van der Waals surface area contributed by atoms with Crippen LogP contribution in [0.3, 0.4) is 0 Å². The lowest BCUT2D eigenvalue weighted by molar-refractivity contribution is -0.343. The van der Waals surface area contributed by atoms with E-state index in [0.29, 0.717) is 12.3 Å². The van der Waals surface area contributed by atoms with Gasteiger partial charge in [-0.2, -0.15) is 0 Å². The van der Waals surface area contributed by atoms with Crippen molar-refractivity contribution in [2.45, 2.75) is 172 Å². The molecular formula is C42H55NO7. The molecule has 10 rings (SSSR count). The number of hydrogen-bond donors (Lipinski definition) is 2. The number of epoxide rings is 1. The number of carbonyl (C=O) groups is 1. The average Bonchev–Trinajstić information content (AvgIpc) is 3.51. The lowest BCUT2D eigenvalue weighted by Crippen LogP contribution is -2.77. The first-order valence-electron chi connectivity index (χ1n) is 19.3. The predicted molar refractivity (Wildman–Crippen MR) is 188 cm³/mol. The Labute approximate surface area is 296 Å². The van der Waals surface area contributed by atoms with E-state index in [4.69, 9.17) is 23.7 Å². The summed E-state index contributed by atoms with van der Waals surface area (Å²) < 4.78 is 33.4. The predicted octanol–water partition coefficient (Wildman–Crippen LogP) is 6.87. The molecule has 4 saturated heterocycles. The highest BCUT2D eigenvalue weighted by atomic mass is 16.8. The fraction of sp³-hybridized carbons (Fsp3) is 0.738. The van der Waals surface area contributed by atoms with Crippen LogP contribution in [0.5, 0.6) is 0 Å². The zero-order valence-corrected chi connectivity index (χ0v) is 31.5. The number of aromatic nitrogens is 1. The largest absolute Gasteiger partial charge is 0.386 e. The number of carbonyl (C=O) groups excluding carboxylic acids is 1. The number of nitrogens with one attached hydrogen (secondary N) is 1. The fourth-order valence-electron chi connectivity index (χ4n) is 13.6. The molecule has 0 radical (unpaired) electrons. The molecule has 8 nitrogen and oxygen atoms in total. The summed E-state index contributed by atoms with van der Waals surface area (Å²) in [4.78, 5) is 18.2. The van der Waals surface area contributed by atoms with Gasteiger partial charge in [-0.25, -0.2) is 0 Å². The molecule has 2 saturated carbocycles. The smallest absolute Gasteiger partial charge is 0.178 e. The summed E-state index contributed by atoms with van der Waals surface area (Å²) in [5.41, 5.74) is 2.69. The second kappa shape index (κ2) is 9.34. The minimum Gasteiger partial charge on any atom is -0.386 e. The van der Waals surface area contributed by atoms with Crippen molar-refractivity contribution in [3.05, 3.63) is 46.2 Å². The third-order valence-electron chi connectivity index (χ3n) is 15.9. The normalized spacial score (nSPS) is 48.3. The summed E-state index contributed by atoms with van der Waals surface area (Å²) in [6, 6.07) is 4.19. The summed E-state index contributed by atoms with van der Waals surface area (Å²) in [6.45, 7) is 21.5. The Hall–Kier alpha value is -2.07. The molecule has 4 aliphatic carbocycles. The first kappa shape index (κ1) is 32.6. The van der Waals surface area contributed by atoms with Gasteiger partial charge in [0.1, 0.15) is 23.9 Å². The Balaban J connectivity index is 1.07. The Morgan fingerprint density at radius 2 is 1.64 bits per heavy atom. The zero-order valence-electron chi connectivity index (χ0n) is 31.5. The third kappa shape index (κ3) is 3.54. The monoisotopic (exact) mass is 685 g/mol. The van der Waals surface area contributed by atoms with E-state index in [9.17, 15) is 9.90 Å². The number of aromatic amines is 1. The number of allylic oxidation sites excluding steroid dienone is 1. The lowest BCUT2D eigenvalue weighted by Gasteiger charge is -2.66. The van der Waals surface area contributed by atoms with Crippen LogP contribution in [0.4, 0.5) is 0 Å². The van der Waals surface area contributed by atoms with E-state index in [0.717, 1.165) is 48.8 Å². The van der Waals surface area contributed by atoms with Crippen molar-refractivity contribution < 1.29 is 33.6 Å². The van der Waals surface area contributed by atoms with Crippen LogP contribution in [0.1, 0.15) is 122 Å². The van der Waals surface area contributed by atoms with Gasteiger partial charge in [-0.1, -0.05) is 19.4 Å². The quantitative estimate of drug-likeness (QED) is 0.250.